The third-order valence-electron chi connectivity index (χ3n) is 5.87. The Hall–Kier alpha value is -3.83. The summed E-state index contributed by atoms with van der Waals surface area (Å²) in [6, 6.07) is 35.3. The van der Waals surface area contributed by atoms with Crippen molar-refractivity contribution in [2.45, 2.75) is 17.4 Å². The van der Waals surface area contributed by atoms with E-state index in [1.54, 1.807) is 12.1 Å². The number of aryl methyl sites for hydroxylation is 1. The van der Waals surface area contributed by atoms with Crippen LogP contribution >= 0.6 is 0 Å². The molecule has 162 valence electrons. The van der Waals surface area contributed by atoms with E-state index in [2.05, 4.69) is 5.11 Å². The smallest absolute Gasteiger partial charge is 0.208 e. The van der Waals surface area contributed by atoms with Crippen LogP contribution in [0, 0.1) is 6.92 Å². The number of nitrogens with zero attached hydrogens (tertiary/aromatic N) is 2. The van der Waals surface area contributed by atoms with Gasteiger partial charge >= 0.3 is 0 Å². The van der Waals surface area contributed by atoms with Gasteiger partial charge in [0.05, 0.1) is 4.90 Å². The van der Waals surface area contributed by atoms with Crippen LogP contribution in [-0.2, 0) is 15.4 Å². The fourth-order valence-corrected chi connectivity index (χ4v) is 6.04. The van der Waals surface area contributed by atoms with E-state index >= 15 is 0 Å². The van der Waals surface area contributed by atoms with Crippen LogP contribution < -0.4 is 0 Å². The number of rotatable bonds is 5. The summed E-state index contributed by atoms with van der Waals surface area (Å²) in [7, 11) is -3.96. The van der Waals surface area contributed by atoms with Crippen LogP contribution in [0.2, 0.25) is 0 Å². The van der Waals surface area contributed by atoms with Crippen molar-refractivity contribution in [1.82, 2.24) is 0 Å². The van der Waals surface area contributed by atoms with Gasteiger partial charge in [-0.2, -0.15) is 10.2 Å². The Morgan fingerprint density at radius 2 is 1.12 bits per heavy atom. The van der Waals surface area contributed by atoms with Gasteiger partial charge in [-0.3, -0.25) is 0 Å². The summed E-state index contributed by atoms with van der Waals surface area (Å²) in [6.07, 6.45) is 0. The van der Waals surface area contributed by atoms with Crippen molar-refractivity contribution >= 4 is 15.5 Å². The van der Waals surface area contributed by atoms with Gasteiger partial charge in [-0.25, -0.2) is 8.42 Å². The number of hydrogen-bond acceptors (Lipinski definition) is 4. The second kappa shape index (κ2) is 8.26. The van der Waals surface area contributed by atoms with Crippen molar-refractivity contribution in [2.75, 3.05) is 0 Å². The number of hydrogen-bond donors (Lipinski definition) is 0. The maximum atomic E-state index is 14.3. The summed E-state index contributed by atoms with van der Waals surface area (Å²) in [5, 5.41) is 9.26. The standard InChI is InChI=1S/C28H22N2O2S/c1-21-17-19-25(20-18-21)33(31,32)27-26(22-11-5-2-6-12-22)29-30-28(27,23-13-7-3-8-14-23)24-15-9-4-10-16-24/h2-20H,1H3. The molecule has 0 N–H and O–H groups in total. The van der Waals surface area contributed by atoms with Crippen molar-refractivity contribution in [1.29, 1.82) is 0 Å². The normalized spacial score (nSPS) is 15.1. The molecule has 4 nitrogen and oxygen atoms in total. The largest absolute Gasteiger partial charge is 0.219 e. The zero-order chi connectivity index (χ0) is 22.9. The first-order valence-electron chi connectivity index (χ1n) is 10.7. The molecule has 1 aliphatic rings. The molecule has 0 aromatic heterocycles. The van der Waals surface area contributed by atoms with Gasteiger partial charge in [0.25, 0.3) is 0 Å². The van der Waals surface area contributed by atoms with Gasteiger partial charge in [-0.15, -0.1) is 0 Å². The Morgan fingerprint density at radius 1 is 0.636 bits per heavy atom. The topological polar surface area (TPSA) is 58.9 Å². The fourth-order valence-electron chi connectivity index (χ4n) is 4.23. The molecule has 5 heteroatoms. The summed E-state index contributed by atoms with van der Waals surface area (Å²) < 4.78 is 28.6. The molecule has 0 saturated carbocycles. The summed E-state index contributed by atoms with van der Waals surface area (Å²) in [5.74, 6) is 0. The summed E-state index contributed by atoms with van der Waals surface area (Å²) in [5.41, 5.74) is 2.26. The minimum Gasteiger partial charge on any atom is -0.219 e. The first-order valence-corrected chi connectivity index (χ1v) is 12.2. The third-order valence-corrected chi connectivity index (χ3v) is 7.79. The minimum atomic E-state index is -3.96. The quantitative estimate of drug-likeness (QED) is 0.346. The van der Waals surface area contributed by atoms with Crippen molar-refractivity contribution in [3.63, 3.8) is 0 Å². The van der Waals surface area contributed by atoms with E-state index in [0.29, 0.717) is 11.3 Å². The minimum absolute atomic E-state index is 0.169. The molecule has 33 heavy (non-hydrogen) atoms. The molecule has 1 aliphatic heterocycles. The molecule has 0 spiro atoms. The lowest BCUT2D eigenvalue weighted by molar-refractivity contribution is 0.584. The summed E-state index contributed by atoms with van der Waals surface area (Å²) >= 11 is 0. The van der Waals surface area contributed by atoms with Crippen molar-refractivity contribution < 1.29 is 8.42 Å². The highest BCUT2D eigenvalue weighted by atomic mass is 32.2. The number of benzene rings is 4. The Morgan fingerprint density at radius 3 is 1.64 bits per heavy atom. The van der Waals surface area contributed by atoms with Crippen LogP contribution in [0.3, 0.4) is 0 Å². The second-order valence-corrected chi connectivity index (χ2v) is 9.89. The second-order valence-electron chi connectivity index (χ2n) is 8.00. The Kier molecular flexibility index (Phi) is 5.27. The van der Waals surface area contributed by atoms with Gasteiger partial charge in [0.15, 0.2) is 5.54 Å². The van der Waals surface area contributed by atoms with Crippen molar-refractivity contribution in [3.8, 4) is 0 Å². The van der Waals surface area contributed by atoms with Gasteiger partial charge in [0.1, 0.15) is 10.6 Å². The first kappa shape index (κ1) is 21.0. The molecule has 4 aromatic carbocycles. The van der Waals surface area contributed by atoms with Crippen molar-refractivity contribution in [2.24, 2.45) is 10.2 Å². The highest BCUT2D eigenvalue weighted by Gasteiger charge is 2.50. The van der Waals surface area contributed by atoms with Crippen LogP contribution in [0.15, 0.2) is 135 Å². The van der Waals surface area contributed by atoms with Gasteiger partial charge in [-0.1, -0.05) is 109 Å². The van der Waals surface area contributed by atoms with Crippen LogP contribution in [0.5, 0.6) is 0 Å². The van der Waals surface area contributed by atoms with E-state index in [4.69, 9.17) is 5.11 Å². The zero-order valence-corrected chi connectivity index (χ0v) is 18.9. The lowest BCUT2D eigenvalue weighted by Gasteiger charge is -2.29. The van der Waals surface area contributed by atoms with Gasteiger partial charge < -0.3 is 0 Å². The molecule has 0 fully saturated rings. The molecule has 1 heterocycles. The highest BCUT2D eigenvalue weighted by molar-refractivity contribution is 7.95. The Balaban J connectivity index is 1.89. The van der Waals surface area contributed by atoms with Gasteiger partial charge in [0, 0.05) is 5.56 Å². The van der Waals surface area contributed by atoms with Gasteiger partial charge in [0.2, 0.25) is 9.84 Å². The maximum absolute atomic E-state index is 14.3. The average molecular weight is 451 g/mol. The Bertz CT molecular complexity index is 1400. The molecule has 5 rings (SSSR count). The average Bonchev–Trinajstić information content (AvgIpc) is 3.29. The summed E-state index contributed by atoms with van der Waals surface area (Å²) in [6.45, 7) is 1.93. The predicted molar refractivity (Wildman–Crippen MR) is 130 cm³/mol. The molecule has 4 aromatic rings. The SMILES string of the molecule is Cc1ccc(S(=O)(=O)C2=C(c3ccccc3)N=NC2(c2ccccc2)c2ccccc2)cc1. The van der Waals surface area contributed by atoms with Crippen LogP contribution in [0.1, 0.15) is 22.3 Å². The molecule has 0 radical (unpaired) electrons. The first-order chi connectivity index (χ1) is 16.0. The highest BCUT2D eigenvalue weighted by Crippen LogP contribution is 2.52. The fraction of sp³-hybridized carbons (Fsp3) is 0.0714. The third kappa shape index (κ3) is 3.51. The predicted octanol–water partition coefficient (Wildman–Crippen LogP) is 6.55. The van der Waals surface area contributed by atoms with Gasteiger partial charge in [-0.05, 0) is 30.2 Å². The van der Waals surface area contributed by atoms with E-state index in [1.165, 1.54) is 0 Å². The molecule has 0 saturated heterocycles. The number of azo groups is 1. The zero-order valence-electron chi connectivity index (χ0n) is 18.1. The van der Waals surface area contributed by atoms with E-state index in [-0.39, 0.29) is 9.80 Å². The molecular formula is C28H22N2O2S. The molecule has 0 aliphatic carbocycles. The van der Waals surface area contributed by atoms with E-state index < -0.39 is 15.4 Å². The molecule has 0 unspecified atom stereocenters. The van der Waals surface area contributed by atoms with E-state index in [1.807, 2.05) is 110 Å². The number of sulfone groups is 1. The molecule has 0 atom stereocenters. The molecule has 0 bridgehead atoms. The van der Waals surface area contributed by atoms with Crippen LogP contribution in [-0.4, -0.2) is 8.42 Å². The van der Waals surface area contributed by atoms with E-state index in [0.717, 1.165) is 16.7 Å². The maximum Gasteiger partial charge on any atom is 0.208 e. The summed E-state index contributed by atoms with van der Waals surface area (Å²) in [4.78, 5) is 0.391. The lowest BCUT2D eigenvalue weighted by Crippen LogP contribution is -2.30. The van der Waals surface area contributed by atoms with Crippen molar-refractivity contribution in [3.05, 3.63) is 142 Å². The monoisotopic (exact) mass is 450 g/mol. The van der Waals surface area contributed by atoms with E-state index in [9.17, 15) is 8.42 Å². The molecular weight excluding hydrogens is 428 g/mol. The molecule has 0 amide bonds. The Labute approximate surface area is 193 Å². The van der Waals surface area contributed by atoms with Crippen LogP contribution in [0.4, 0.5) is 0 Å². The van der Waals surface area contributed by atoms with Crippen LogP contribution in [0.25, 0.3) is 5.70 Å². The lowest BCUT2D eigenvalue weighted by atomic mass is 9.82.